The van der Waals surface area contributed by atoms with Crippen LogP contribution in [0.1, 0.15) is 17.2 Å². The molecule has 0 aliphatic carbocycles. The molecule has 0 aliphatic rings. The maximum absolute atomic E-state index is 13.7. The van der Waals surface area contributed by atoms with Gasteiger partial charge in [-0.15, -0.1) is 0 Å². The number of hydrogen-bond donors (Lipinski definition) is 1. The van der Waals surface area contributed by atoms with Crippen LogP contribution < -0.4 is 5.73 Å². The lowest BCUT2D eigenvalue weighted by molar-refractivity contribution is 0.581. The molecule has 1 nitrogen and oxygen atoms in total. The summed E-state index contributed by atoms with van der Waals surface area (Å²) in [5.74, 6) is -0.419. The van der Waals surface area contributed by atoms with Gasteiger partial charge in [0.15, 0.2) is 0 Å². The maximum atomic E-state index is 13.7. The van der Waals surface area contributed by atoms with Gasteiger partial charge in [0.1, 0.15) is 5.82 Å². The molecule has 0 heterocycles. The molecular formula is C14H13ClFN. The number of halogens is 2. The predicted octanol–water partition coefficient (Wildman–Crippen LogP) is 3.72. The Morgan fingerprint density at radius 3 is 2.47 bits per heavy atom. The molecule has 1 atom stereocenters. The minimum absolute atomic E-state index is 0.117. The highest BCUT2D eigenvalue weighted by molar-refractivity contribution is 6.30. The minimum atomic E-state index is -0.419. The Labute approximate surface area is 105 Å². The van der Waals surface area contributed by atoms with E-state index in [1.165, 1.54) is 6.07 Å². The third-order valence-electron chi connectivity index (χ3n) is 2.68. The van der Waals surface area contributed by atoms with E-state index in [4.69, 9.17) is 17.3 Å². The van der Waals surface area contributed by atoms with Gasteiger partial charge in [0.2, 0.25) is 0 Å². The molecule has 0 unspecified atom stereocenters. The molecule has 2 aromatic carbocycles. The van der Waals surface area contributed by atoms with Crippen molar-refractivity contribution in [1.82, 2.24) is 0 Å². The molecule has 17 heavy (non-hydrogen) atoms. The number of hydrogen-bond acceptors (Lipinski definition) is 1. The first-order chi connectivity index (χ1) is 8.18. The zero-order valence-electron chi connectivity index (χ0n) is 9.24. The third-order valence-corrected chi connectivity index (χ3v) is 2.97. The molecule has 3 heteroatoms. The van der Waals surface area contributed by atoms with Gasteiger partial charge in [0, 0.05) is 11.6 Å². The Balaban J connectivity index is 2.20. The second-order valence-corrected chi connectivity index (χ2v) is 4.35. The highest BCUT2D eigenvalue weighted by Crippen LogP contribution is 2.24. The number of nitrogens with two attached hydrogens (primary N) is 1. The van der Waals surface area contributed by atoms with Gasteiger partial charge in [0.05, 0.1) is 5.02 Å². The van der Waals surface area contributed by atoms with E-state index >= 15 is 0 Å². The molecule has 0 aromatic heterocycles. The fourth-order valence-electron chi connectivity index (χ4n) is 1.78. The van der Waals surface area contributed by atoms with Crippen LogP contribution in [0.15, 0.2) is 48.5 Å². The van der Waals surface area contributed by atoms with Gasteiger partial charge in [-0.3, -0.25) is 0 Å². The van der Waals surface area contributed by atoms with Crippen molar-refractivity contribution in [1.29, 1.82) is 0 Å². The van der Waals surface area contributed by atoms with Crippen LogP contribution in [-0.2, 0) is 6.42 Å². The van der Waals surface area contributed by atoms with Crippen molar-refractivity contribution in [2.24, 2.45) is 5.73 Å². The highest BCUT2D eigenvalue weighted by Gasteiger charge is 2.13. The van der Waals surface area contributed by atoms with E-state index in [0.29, 0.717) is 12.0 Å². The van der Waals surface area contributed by atoms with Crippen molar-refractivity contribution in [3.8, 4) is 0 Å². The molecule has 2 rings (SSSR count). The number of rotatable bonds is 3. The lowest BCUT2D eigenvalue weighted by Crippen LogP contribution is -2.15. The van der Waals surface area contributed by atoms with E-state index in [1.807, 2.05) is 30.3 Å². The summed E-state index contributed by atoms with van der Waals surface area (Å²) in [4.78, 5) is 0. The SMILES string of the molecule is N[C@H](Cc1ccccc1)c1cccc(Cl)c1F. The van der Waals surface area contributed by atoms with Crippen LogP contribution in [0, 0.1) is 5.82 Å². The van der Waals surface area contributed by atoms with Crippen molar-refractivity contribution in [2.45, 2.75) is 12.5 Å². The van der Waals surface area contributed by atoms with Gasteiger partial charge in [0.25, 0.3) is 0 Å². The smallest absolute Gasteiger partial charge is 0.146 e. The summed E-state index contributed by atoms with van der Waals surface area (Å²) in [5, 5.41) is 0.117. The van der Waals surface area contributed by atoms with Crippen molar-refractivity contribution in [3.63, 3.8) is 0 Å². The predicted molar refractivity (Wildman–Crippen MR) is 68.5 cm³/mol. The molecule has 0 saturated carbocycles. The highest BCUT2D eigenvalue weighted by atomic mass is 35.5. The van der Waals surface area contributed by atoms with Crippen LogP contribution >= 0.6 is 11.6 Å². The van der Waals surface area contributed by atoms with Gasteiger partial charge in [-0.25, -0.2) is 4.39 Å². The average Bonchev–Trinajstić information content (AvgIpc) is 2.34. The third kappa shape index (κ3) is 2.84. The monoisotopic (exact) mass is 249 g/mol. The van der Waals surface area contributed by atoms with E-state index in [9.17, 15) is 4.39 Å². The molecule has 0 amide bonds. The average molecular weight is 250 g/mol. The van der Waals surface area contributed by atoms with Crippen LogP contribution in [0.25, 0.3) is 0 Å². The lowest BCUT2D eigenvalue weighted by atomic mass is 9.99. The Kier molecular flexibility index (Phi) is 3.77. The van der Waals surface area contributed by atoms with Gasteiger partial charge in [-0.1, -0.05) is 54.1 Å². The topological polar surface area (TPSA) is 26.0 Å². The summed E-state index contributed by atoms with van der Waals surface area (Å²) in [6.07, 6.45) is 0.595. The van der Waals surface area contributed by atoms with E-state index in [-0.39, 0.29) is 11.1 Å². The summed E-state index contributed by atoms with van der Waals surface area (Å²) in [6.45, 7) is 0. The van der Waals surface area contributed by atoms with Gasteiger partial charge in [-0.05, 0) is 18.1 Å². The Bertz CT molecular complexity index is 499. The van der Waals surface area contributed by atoms with Crippen molar-refractivity contribution in [2.75, 3.05) is 0 Å². The molecule has 2 aromatic rings. The molecule has 0 fully saturated rings. The zero-order chi connectivity index (χ0) is 12.3. The fraction of sp³-hybridized carbons (Fsp3) is 0.143. The molecule has 0 bridgehead atoms. The molecular weight excluding hydrogens is 237 g/mol. The summed E-state index contributed by atoms with van der Waals surface area (Å²) in [5.41, 5.74) is 7.54. The van der Waals surface area contributed by atoms with Crippen molar-refractivity contribution in [3.05, 3.63) is 70.5 Å². The summed E-state index contributed by atoms with van der Waals surface area (Å²) >= 11 is 5.73. The van der Waals surface area contributed by atoms with Crippen LogP contribution in [0.5, 0.6) is 0 Å². The quantitative estimate of drug-likeness (QED) is 0.882. The standard InChI is InChI=1S/C14H13ClFN/c15-12-8-4-7-11(14(12)16)13(17)9-10-5-2-1-3-6-10/h1-8,13H,9,17H2/t13-/m1/s1. The molecule has 0 spiro atoms. The largest absolute Gasteiger partial charge is 0.324 e. The Hall–Kier alpha value is -1.38. The first-order valence-electron chi connectivity index (χ1n) is 5.42. The van der Waals surface area contributed by atoms with Crippen LogP contribution in [0.2, 0.25) is 5.02 Å². The molecule has 0 saturated heterocycles. The van der Waals surface area contributed by atoms with Crippen LogP contribution in [-0.4, -0.2) is 0 Å². The Morgan fingerprint density at radius 2 is 1.76 bits per heavy atom. The normalized spacial score (nSPS) is 12.4. The van der Waals surface area contributed by atoms with Gasteiger partial charge < -0.3 is 5.73 Å². The van der Waals surface area contributed by atoms with Crippen molar-refractivity contribution >= 4 is 11.6 Å². The number of benzene rings is 2. The van der Waals surface area contributed by atoms with Gasteiger partial charge in [-0.2, -0.15) is 0 Å². The molecule has 88 valence electrons. The zero-order valence-corrected chi connectivity index (χ0v) is 9.99. The maximum Gasteiger partial charge on any atom is 0.146 e. The lowest BCUT2D eigenvalue weighted by Gasteiger charge is -2.13. The second kappa shape index (κ2) is 5.30. The van der Waals surface area contributed by atoms with Crippen molar-refractivity contribution < 1.29 is 4.39 Å². The van der Waals surface area contributed by atoms with E-state index in [0.717, 1.165) is 5.56 Å². The minimum Gasteiger partial charge on any atom is -0.324 e. The van der Waals surface area contributed by atoms with Crippen LogP contribution in [0.4, 0.5) is 4.39 Å². The van der Waals surface area contributed by atoms with Gasteiger partial charge >= 0.3 is 0 Å². The summed E-state index contributed by atoms with van der Waals surface area (Å²) in [7, 11) is 0. The summed E-state index contributed by atoms with van der Waals surface area (Å²) < 4.78 is 13.7. The molecule has 0 radical (unpaired) electrons. The van der Waals surface area contributed by atoms with E-state index in [1.54, 1.807) is 12.1 Å². The molecule has 0 aliphatic heterocycles. The second-order valence-electron chi connectivity index (χ2n) is 3.94. The molecule has 2 N–H and O–H groups in total. The van der Waals surface area contributed by atoms with E-state index in [2.05, 4.69) is 0 Å². The van der Waals surface area contributed by atoms with E-state index < -0.39 is 5.82 Å². The van der Waals surface area contributed by atoms with Crippen LogP contribution in [0.3, 0.4) is 0 Å². The fourth-order valence-corrected chi connectivity index (χ4v) is 1.97. The Morgan fingerprint density at radius 1 is 1.06 bits per heavy atom. The summed E-state index contributed by atoms with van der Waals surface area (Å²) in [6, 6.07) is 14.3. The first-order valence-corrected chi connectivity index (χ1v) is 5.79. The first kappa shape index (κ1) is 12.1.